The lowest BCUT2D eigenvalue weighted by molar-refractivity contribution is -0.139. The van der Waals surface area contributed by atoms with E-state index in [0.717, 1.165) is 54.3 Å². The van der Waals surface area contributed by atoms with E-state index < -0.39 is 24.3 Å². The Morgan fingerprint density at radius 1 is 0.839 bits per heavy atom. The summed E-state index contributed by atoms with van der Waals surface area (Å²) in [6.45, 7) is 8.18. The highest BCUT2D eigenvalue weighted by atomic mass is 16.5. The molecule has 3 aliphatic rings. The van der Waals surface area contributed by atoms with Gasteiger partial charge in [-0.3, -0.25) is 9.59 Å². The van der Waals surface area contributed by atoms with Gasteiger partial charge in [-0.1, -0.05) is 33.8 Å². The number of aromatic amines is 2. The first-order valence-corrected chi connectivity index (χ1v) is 19.3. The third-order valence-corrected chi connectivity index (χ3v) is 11.3. The van der Waals surface area contributed by atoms with Crippen molar-refractivity contribution in [1.29, 1.82) is 0 Å². The quantitative estimate of drug-likeness (QED) is 0.166. The normalized spacial score (nSPS) is 21.2. The van der Waals surface area contributed by atoms with Gasteiger partial charge in [0.25, 0.3) is 0 Å². The van der Waals surface area contributed by atoms with Crippen molar-refractivity contribution in [3.63, 3.8) is 0 Å². The lowest BCUT2D eigenvalue weighted by Crippen LogP contribution is -2.54. The average Bonchev–Trinajstić information content (AvgIpc) is 4.05. The number of ether oxygens (including phenoxy) is 2. The third kappa shape index (κ3) is 7.65. The molecule has 56 heavy (non-hydrogen) atoms. The second-order valence-corrected chi connectivity index (χ2v) is 15.5. The second-order valence-electron chi connectivity index (χ2n) is 15.5. The molecule has 15 heteroatoms. The van der Waals surface area contributed by atoms with Crippen molar-refractivity contribution in [3.05, 3.63) is 65.8 Å². The maximum Gasteiger partial charge on any atom is 0.407 e. The molecule has 6 unspecified atom stereocenters. The van der Waals surface area contributed by atoms with Gasteiger partial charge >= 0.3 is 12.2 Å². The maximum absolute atomic E-state index is 13.9. The number of nitrogens with one attached hydrogen (secondary N) is 4. The van der Waals surface area contributed by atoms with E-state index in [4.69, 9.17) is 14.5 Å². The van der Waals surface area contributed by atoms with Crippen LogP contribution in [0.2, 0.25) is 0 Å². The SMILES string of the molecule is COC(=O)NC(C(=O)N1CCCC1c1nc2ccc(-c3ccnc(C#Cc4cnc(C5C6CCC(C6)N5C(=O)C(NC(=O)OC)C(C)C)[nH]4)c3)cc2[nH]1)C(C)C. The average molecular weight is 764 g/mol. The first-order valence-electron chi connectivity index (χ1n) is 19.3. The van der Waals surface area contributed by atoms with E-state index in [-0.39, 0.29) is 47.7 Å². The topological polar surface area (TPSA) is 188 Å². The van der Waals surface area contributed by atoms with Crippen LogP contribution >= 0.6 is 0 Å². The molecule has 1 aliphatic carbocycles. The van der Waals surface area contributed by atoms with Gasteiger partial charge in [0, 0.05) is 18.8 Å². The van der Waals surface area contributed by atoms with Crippen LogP contribution in [0.5, 0.6) is 0 Å². The largest absolute Gasteiger partial charge is 0.453 e. The van der Waals surface area contributed by atoms with Crippen molar-refractivity contribution in [1.82, 2.24) is 45.4 Å². The maximum atomic E-state index is 13.9. The Morgan fingerprint density at radius 3 is 2.27 bits per heavy atom. The fourth-order valence-electron chi connectivity index (χ4n) is 8.44. The second kappa shape index (κ2) is 16.1. The summed E-state index contributed by atoms with van der Waals surface area (Å²) in [5.41, 5.74) is 4.70. The number of amides is 4. The molecule has 3 aromatic heterocycles. The van der Waals surface area contributed by atoms with Gasteiger partial charge < -0.3 is 39.9 Å². The molecular formula is C41H49N9O6. The number of hydrogen-bond donors (Lipinski definition) is 4. The molecular weight excluding hydrogens is 715 g/mol. The van der Waals surface area contributed by atoms with E-state index in [0.29, 0.717) is 29.6 Å². The Bertz CT molecular complexity index is 2180. The molecule has 2 saturated heterocycles. The van der Waals surface area contributed by atoms with Gasteiger partial charge in [0.05, 0.1) is 43.5 Å². The van der Waals surface area contributed by atoms with Gasteiger partial charge in [-0.2, -0.15) is 0 Å². The molecule has 7 rings (SSSR count). The van der Waals surface area contributed by atoms with Gasteiger partial charge in [-0.05, 0) is 97.1 Å². The molecule has 6 atom stereocenters. The Kier molecular flexibility index (Phi) is 11.0. The van der Waals surface area contributed by atoms with Crippen LogP contribution in [0.4, 0.5) is 9.59 Å². The number of rotatable bonds is 9. The van der Waals surface area contributed by atoms with Crippen LogP contribution in [0, 0.1) is 29.6 Å². The Morgan fingerprint density at radius 2 is 1.55 bits per heavy atom. The molecule has 5 heterocycles. The van der Waals surface area contributed by atoms with E-state index in [9.17, 15) is 19.2 Å². The lowest BCUT2D eigenvalue weighted by Gasteiger charge is -2.37. The van der Waals surface area contributed by atoms with Crippen molar-refractivity contribution in [2.24, 2.45) is 17.8 Å². The van der Waals surface area contributed by atoms with Crippen molar-refractivity contribution in [2.45, 2.75) is 90.0 Å². The zero-order valence-electron chi connectivity index (χ0n) is 32.6. The summed E-state index contributed by atoms with van der Waals surface area (Å²) in [6.07, 6.45) is 6.58. The molecule has 0 radical (unpaired) electrons. The molecule has 2 aliphatic heterocycles. The summed E-state index contributed by atoms with van der Waals surface area (Å²) in [5, 5.41) is 5.43. The van der Waals surface area contributed by atoms with Crippen LogP contribution < -0.4 is 10.6 Å². The first-order chi connectivity index (χ1) is 26.9. The monoisotopic (exact) mass is 763 g/mol. The molecule has 15 nitrogen and oxygen atoms in total. The zero-order valence-corrected chi connectivity index (χ0v) is 32.6. The summed E-state index contributed by atoms with van der Waals surface area (Å²) in [6, 6.07) is 8.06. The summed E-state index contributed by atoms with van der Waals surface area (Å²) in [4.78, 5) is 76.1. The van der Waals surface area contributed by atoms with Gasteiger partial charge in [-0.25, -0.2) is 24.5 Å². The van der Waals surface area contributed by atoms with E-state index in [1.54, 1.807) is 17.3 Å². The minimum absolute atomic E-state index is 0.0956. The van der Waals surface area contributed by atoms with E-state index in [1.807, 2.05) is 62.9 Å². The minimum Gasteiger partial charge on any atom is -0.453 e. The number of imidazole rings is 2. The summed E-state index contributed by atoms with van der Waals surface area (Å²) < 4.78 is 9.56. The number of H-pyrrole nitrogens is 2. The molecule has 4 aromatic rings. The highest BCUT2D eigenvalue weighted by Gasteiger charge is 2.51. The van der Waals surface area contributed by atoms with Gasteiger partial charge in [0.1, 0.15) is 35.1 Å². The van der Waals surface area contributed by atoms with Gasteiger partial charge in [0.15, 0.2) is 0 Å². The molecule has 1 aromatic carbocycles. The summed E-state index contributed by atoms with van der Waals surface area (Å²) in [7, 11) is 2.58. The number of fused-ring (bicyclic) bond motifs is 3. The number of hydrogen-bond acceptors (Lipinski definition) is 9. The van der Waals surface area contributed by atoms with Crippen LogP contribution in [0.25, 0.3) is 22.2 Å². The number of nitrogens with zero attached hydrogens (tertiary/aromatic N) is 5. The van der Waals surface area contributed by atoms with Crippen molar-refractivity contribution in [2.75, 3.05) is 20.8 Å². The minimum atomic E-state index is -0.706. The number of pyridine rings is 1. The number of likely N-dealkylation sites (tertiary alicyclic amines) is 2. The van der Waals surface area contributed by atoms with Crippen molar-refractivity contribution < 1.29 is 28.7 Å². The number of piperidine rings is 1. The predicted octanol–water partition coefficient (Wildman–Crippen LogP) is 5.22. The number of aromatic nitrogens is 5. The first kappa shape index (κ1) is 38.4. The third-order valence-electron chi connectivity index (χ3n) is 11.3. The summed E-state index contributed by atoms with van der Waals surface area (Å²) >= 11 is 0. The fourth-order valence-corrected chi connectivity index (χ4v) is 8.44. The van der Waals surface area contributed by atoms with Crippen LogP contribution in [0.15, 0.2) is 42.7 Å². The Hall–Kier alpha value is -5.91. The number of carbonyl (C=O) groups excluding carboxylic acids is 4. The van der Waals surface area contributed by atoms with E-state index >= 15 is 0 Å². The standard InChI is InChI=1S/C41H49N9O6/c1-22(2)33(47-40(53)55-5)38(51)49-17-7-8-32(49)36-45-30-14-10-24(20-31(30)46-36)25-15-16-42-27(18-25)11-12-28-21-43-37(44-28)35-26-9-13-29(19-26)50(35)39(52)34(23(3)4)48-41(54)56-6/h10,14-16,18,20-23,26,29,32-35H,7-9,13,17,19H2,1-6H3,(H,43,44)(H,45,46)(H,47,53)(H,48,54). The Balaban J connectivity index is 1.07. The van der Waals surface area contributed by atoms with E-state index in [1.165, 1.54) is 14.2 Å². The number of carbonyl (C=O) groups is 4. The molecule has 4 amide bonds. The highest BCUT2D eigenvalue weighted by Crippen LogP contribution is 2.50. The molecule has 1 saturated carbocycles. The van der Waals surface area contributed by atoms with Gasteiger partial charge in [0.2, 0.25) is 11.8 Å². The number of benzene rings is 1. The van der Waals surface area contributed by atoms with Crippen LogP contribution in [0.1, 0.15) is 94.9 Å². The molecule has 0 spiro atoms. The Labute approximate surface area is 325 Å². The molecule has 294 valence electrons. The van der Waals surface area contributed by atoms with Crippen LogP contribution in [-0.4, -0.2) is 97.6 Å². The van der Waals surface area contributed by atoms with Crippen molar-refractivity contribution >= 4 is 35.0 Å². The van der Waals surface area contributed by atoms with Crippen LogP contribution in [-0.2, 0) is 19.1 Å². The molecule has 4 N–H and O–H groups in total. The van der Waals surface area contributed by atoms with E-state index in [2.05, 4.69) is 42.4 Å². The summed E-state index contributed by atoms with van der Waals surface area (Å²) in [5.74, 6) is 7.48. The number of alkyl carbamates (subject to hydrolysis) is 2. The van der Waals surface area contributed by atoms with Gasteiger partial charge in [-0.15, -0.1) is 0 Å². The lowest BCUT2D eigenvalue weighted by atomic mass is 9.95. The smallest absolute Gasteiger partial charge is 0.407 e. The van der Waals surface area contributed by atoms with Crippen LogP contribution in [0.3, 0.4) is 0 Å². The van der Waals surface area contributed by atoms with Crippen molar-refractivity contribution in [3.8, 4) is 23.0 Å². The molecule has 2 bridgehead atoms. The highest BCUT2D eigenvalue weighted by molar-refractivity contribution is 5.88. The number of methoxy groups -OCH3 is 2. The fraction of sp³-hybridized carbons (Fsp3) is 0.488. The zero-order chi connectivity index (χ0) is 39.7. The predicted molar refractivity (Wildman–Crippen MR) is 207 cm³/mol. The molecule has 3 fully saturated rings.